The third kappa shape index (κ3) is 4.61. The number of hydrogen-bond acceptors (Lipinski definition) is 3. The van der Waals surface area contributed by atoms with E-state index in [4.69, 9.17) is 0 Å². The summed E-state index contributed by atoms with van der Waals surface area (Å²) in [7, 11) is 0. The third-order valence-electron chi connectivity index (χ3n) is 5.91. The Hall–Kier alpha value is -2.82. The van der Waals surface area contributed by atoms with Crippen molar-refractivity contribution in [3.05, 3.63) is 59.7 Å². The monoisotopic (exact) mass is 391 g/mol. The van der Waals surface area contributed by atoms with Gasteiger partial charge in [-0.1, -0.05) is 25.1 Å². The Morgan fingerprint density at radius 2 is 1.90 bits per heavy atom. The molecular weight excluding hydrogens is 362 g/mol. The van der Waals surface area contributed by atoms with Crippen LogP contribution < -0.4 is 15.1 Å². The number of nitrogens with one attached hydrogen (secondary N) is 1. The molecule has 0 saturated carbocycles. The van der Waals surface area contributed by atoms with Crippen LogP contribution in [0.4, 0.5) is 11.4 Å². The quantitative estimate of drug-likeness (QED) is 0.839. The third-order valence-corrected chi connectivity index (χ3v) is 5.91. The SMILES string of the molecule is C[C@H]1CCCN(c2ccc(CNC(=O)c3cccc(N4CCCC4=O)c3)cc2)C1. The molecular formula is C24H29N3O2. The summed E-state index contributed by atoms with van der Waals surface area (Å²) in [4.78, 5) is 28.7. The standard InChI is InChI=1S/C24H29N3O2/c1-18-5-3-13-26(17-18)21-11-9-19(10-12-21)16-25-24(29)20-6-2-7-22(15-20)27-14-4-8-23(27)28/h2,6-7,9-12,15,18H,3-5,8,13-14,16-17H2,1H3,(H,25,29)/t18-/m0/s1. The molecule has 0 bridgehead atoms. The van der Waals surface area contributed by atoms with Gasteiger partial charge in [-0.15, -0.1) is 0 Å². The average molecular weight is 392 g/mol. The topological polar surface area (TPSA) is 52.7 Å². The normalized spacial score (nSPS) is 19.5. The van der Waals surface area contributed by atoms with Crippen LogP contribution in [-0.2, 0) is 11.3 Å². The van der Waals surface area contributed by atoms with E-state index >= 15 is 0 Å². The molecule has 2 aromatic carbocycles. The molecule has 2 fully saturated rings. The summed E-state index contributed by atoms with van der Waals surface area (Å²) in [6.45, 7) is 5.77. The molecule has 0 unspecified atom stereocenters. The number of anilines is 2. The fourth-order valence-electron chi connectivity index (χ4n) is 4.27. The minimum absolute atomic E-state index is 0.118. The Morgan fingerprint density at radius 1 is 1.07 bits per heavy atom. The van der Waals surface area contributed by atoms with Crippen molar-refractivity contribution in [3.63, 3.8) is 0 Å². The summed E-state index contributed by atoms with van der Waals surface area (Å²) < 4.78 is 0. The number of nitrogens with zero attached hydrogens (tertiary/aromatic N) is 2. The first-order chi connectivity index (χ1) is 14.1. The van der Waals surface area contributed by atoms with Crippen LogP contribution in [0.5, 0.6) is 0 Å². The van der Waals surface area contributed by atoms with Crippen molar-refractivity contribution in [1.82, 2.24) is 5.32 Å². The lowest BCUT2D eigenvalue weighted by Gasteiger charge is -2.32. The molecule has 5 heteroatoms. The first kappa shape index (κ1) is 19.5. The Morgan fingerprint density at radius 3 is 2.62 bits per heavy atom. The Labute approximate surface area is 172 Å². The van der Waals surface area contributed by atoms with Gasteiger partial charge in [0.1, 0.15) is 0 Å². The van der Waals surface area contributed by atoms with Crippen molar-refractivity contribution >= 4 is 23.2 Å². The van der Waals surface area contributed by atoms with Crippen molar-refractivity contribution in [2.45, 2.75) is 39.2 Å². The molecule has 2 aliphatic heterocycles. The fraction of sp³-hybridized carbons (Fsp3) is 0.417. The predicted molar refractivity (Wildman–Crippen MR) is 116 cm³/mol. The second-order valence-electron chi connectivity index (χ2n) is 8.24. The molecule has 1 atom stereocenters. The van der Waals surface area contributed by atoms with E-state index in [1.54, 1.807) is 17.0 Å². The molecule has 29 heavy (non-hydrogen) atoms. The lowest BCUT2D eigenvalue weighted by Crippen LogP contribution is -2.34. The second kappa shape index (κ2) is 8.68. The maximum Gasteiger partial charge on any atom is 0.251 e. The highest BCUT2D eigenvalue weighted by atomic mass is 16.2. The van der Waals surface area contributed by atoms with Crippen LogP contribution in [0.2, 0.25) is 0 Å². The van der Waals surface area contributed by atoms with Crippen molar-refractivity contribution in [1.29, 1.82) is 0 Å². The summed E-state index contributed by atoms with van der Waals surface area (Å²) in [5.41, 5.74) is 3.73. The van der Waals surface area contributed by atoms with Gasteiger partial charge in [-0.25, -0.2) is 0 Å². The van der Waals surface area contributed by atoms with Gasteiger partial charge in [0.05, 0.1) is 0 Å². The number of amides is 2. The van der Waals surface area contributed by atoms with Crippen LogP contribution in [0.1, 0.15) is 48.5 Å². The van der Waals surface area contributed by atoms with Gasteiger partial charge in [0, 0.05) is 49.5 Å². The molecule has 0 aromatic heterocycles. The molecule has 2 aromatic rings. The van der Waals surface area contributed by atoms with Crippen LogP contribution in [0.15, 0.2) is 48.5 Å². The molecule has 2 saturated heterocycles. The van der Waals surface area contributed by atoms with E-state index in [-0.39, 0.29) is 11.8 Å². The van der Waals surface area contributed by atoms with Gasteiger partial charge in [-0.3, -0.25) is 9.59 Å². The van der Waals surface area contributed by atoms with Crippen LogP contribution >= 0.6 is 0 Å². The van der Waals surface area contributed by atoms with Crippen molar-refractivity contribution < 1.29 is 9.59 Å². The number of hydrogen-bond donors (Lipinski definition) is 1. The van der Waals surface area contributed by atoms with Crippen LogP contribution in [0, 0.1) is 5.92 Å². The van der Waals surface area contributed by atoms with Gasteiger partial charge >= 0.3 is 0 Å². The van der Waals surface area contributed by atoms with E-state index in [9.17, 15) is 9.59 Å². The molecule has 0 radical (unpaired) electrons. The van der Waals surface area contributed by atoms with Crippen molar-refractivity contribution in [3.8, 4) is 0 Å². The minimum atomic E-state index is -0.118. The number of piperidine rings is 1. The average Bonchev–Trinajstić information content (AvgIpc) is 3.18. The van der Waals surface area contributed by atoms with E-state index < -0.39 is 0 Å². The largest absolute Gasteiger partial charge is 0.371 e. The second-order valence-corrected chi connectivity index (χ2v) is 8.24. The minimum Gasteiger partial charge on any atom is -0.371 e. The maximum absolute atomic E-state index is 12.6. The number of benzene rings is 2. The molecule has 2 amide bonds. The van der Waals surface area contributed by atoms with Gasteiger partial charge in [0.15, 0.2) is 0 Å². The maximum atomic E-state index is 12.6. The zero-order valence-corrected chi connectivity index (χ0v) is 17.1. The van der Waals surface area contributed by atoms with Gasteiger partial charge in [-0.05, 0) is 61.1 Å². The molecule has 0 aliphatic carbocycles. The summed E-state index contributed by atoms with van der Waals surface area (Å²) in [5, 5.41) is 2.99. The van der Waals surface area contributed by atoms with Crippen molar-refractivity contribution in [2.75, 3.05) is 29.4 Å². The molecule has 1 N–H and O–H groups in total. The number of carbonyl (C=O) groups excluding carboxylic acids is 2. The molecule has 2 heterocycles. The molecule has 4 rings (SSSR count). The Kier molecular flexibility index (Phi) is 5.84. The fourth-order valence-corrected chi connectivity index (χ4v) is 4.27. The summed E-state index contributed by atoms with van der Waals surface area (Å²) in [5.74, 6) is 0.757. The summed E-state index contributed by atoms with van der Waals surface area (Å²) in [6, 6.07) is 15.8. The molecule has 2 aliphatic rings. The Balaban J connectivity index is 1.35. The smallest absolute Gasteiger partial charge is 0.251 e. The summed E-state index contributed by atoms with van der Waals surface area (Å²) in [6.07, 6.45) is 4.03. The van der Waals surface area contributed by atoms with E-state index in [1.807, 2.05) is 12.1 Å². The summed E-state index contributed by atoms with van der Waals surface area (Å²) >= 11 is 0. The molecule has 152 valence electrons. The van der Waals surface area contributed by atoms with Gasteiger partial charge in [0.25, 0.3) is 5.91 Å². The lowest BCUT2D eigenvalue weighted by atomic mass is 9.99. The van der Waals surface area contributed by atoms with Gasteiger partial charge in [-0.2, -0.15) is 0 Å². The van der Waals surface area contributed by atoms with Crippen LogP contribution in [0.25, 0.3) is 0 Å². The molecule has 0 spiro atoms. The Bertz CT molecular complexity index is 878. The highest BCUT2D eigenvalue weighted by molar-refractivity contribution is 5.99. The molecule has 5 nitrogen and oxygen atoms in total. The number of carbonyl (C=O) groups is 2. The van der Waals surface area contributed by atoms with Crippen LogP contribution in [0.3, 0.4) is 0 Å². The number of rotatable bonds is 5. The van der Waals surface area contributed by atoms with Gasteiger partial charge in [0.2, 0.25) is 5.91 Å². The zero-order chi connectivity index (χ0) is 20.2. The predicted octanol–water partition coefficient (Wildman–Crippen LogP) is 3.98. The lowest BCUT2D eigenvalue weighted by molar-refractivity contribution is -0.117. The van der Waals surface area contributed by atoms with Crippen molar-refractivity contribution in [2.24, 2.45) is 5.92 Å². The van der Waals surface area contributed by atoms with Crippen LogP contribution in [-0.4, -0.2) is 31.4 Å². The highest BCUT2D eigenvalue weighted by Crippen LogP contribution is 2.24. The van der Waals surface area contributed by atoms with E-state index in [0.717, 1.165) is 43.2 Å². The van der Waals surface area contributed by atoms with E-state index in [0.29, 0.717) is 18.5 Å². The van der Waals surface area contributed by atoms with E-state index in [2.05, 4.69) is 41.4 Å². The van der Waals surface area contributed by atoms with E-state index in [1.165, 1.54) is 18.5 Å². The highest BCUT2D eigenvalue weighted by Gasteiger charge is 2.22. The zero-order valence-electron chi connectivity index (χ0n) is 17.1. The first-order valence-electron chi connectivity index (χ1n) is 10.6. The first-order valence-corrected chi connectivity index (χ1v) is 10.6. The van der Waals surface area contributed by atoms with Gasteiger partial charge < -0.3 is 15.1 Å².